The van der Waals surface area contributed by atoms with Gasteiger partial charge in [-0.15, -0.1) is 0 Å². The molecule has 0 aromatic heterocycles. The van der Waals surface area contributed by atoms with E-state index in [0.717, 1.165) is 12.6 Å². The van der Waals surface area contributed by atoms with Crippen LogP contribution in [-0.4, -0.2) is 36.6 Å². The molecule has 102 valence electrons. The first kappa shape index (κ1) is 15.0. The van der Waals surface area contributed by atoms with Crippen molar-refractivity contribution in [3.8, 4) is 0 Å². The maximum Gasteiger partial charge on any atom is 0.00816 e. The molecule has 2 heteroatoms. The van der Waals surface area contributed by atoms with Gasteiger partial charge in [-0.3, -0.25) is 0 Å². The summed E-state index contributed by atoms with van der Waals surface area (Å²) < 4.78 is 0. The van der Waals surface area contributed by atoms with E-state index < -0.39 is 0 Å². The molecular weight excluding hydrogens is 208 g/mol. The zero-order valence-electron chi connectivity index (χ0n) is 12.6. The second-order valence-electron chi connectivity index (χ2n) is 6.24. The molecule has 0 aliphatic carbocycles. The van der Waals surface area contributed by atoms with Crippen molar-refractivity contribution in [2.75, 3.05) is 19.6 Å². The molecule has 1 aliphatic heterocycles. The van der Waals surface area contributed by atoms with Gasteiger partial charge in [-0.2, -0.15) is 0 Å². The van der Waals surface area contributed by atoms with Crippen LogP contribution in [0.25, 0.3) is 0 Å². The lowest BCUT2D eigenvalue weighted by Crippen LogP contribution is -2.45. The summed E-state index contributed by atoms with van der Waals surface area (Å²) in [6.07, 6.45) is 5.37. The predicted molar refractivity (Wildman–Crippen MR) is 76.4 cm³/mol. The van der Waals surface area contributed by atoms with E-state index in [2.05, 4.69) is 44.8 Å². The van der Waals surface area contributed by atoms with Gasteiger partial charge in [0.25, 0.3) is 0 Å². The number of rotatable bonds is 6. The lowest BCUT2D eigenvalue weighted by atomic mass is 9.78. The molecule has 1 aliphatic rings. The number of piperidine rings is 1. The zero-order chi connectivity index (χ0) is 12.9. The second kappa shape index (κ2) is 6.75. The van der Waals surface area contributed by atoms with Gasteiger partial charge >= 0.3 is 0 Å². The van der Waals surface area contributed by atoms with E-state index in [4.69, 9.17) is 0 Å². The summed E-state index contributed by atoms with van der Waals surface area (Å²) in [4.78, 5) is 2.69. The summed E-state index contributed by atoms with van der Waals surface area (Å²) in [6.45, 7) is 15.4. The van der Waals surface area contributed by atoms with Crippen LogP contribution in [0.3, 0.4) is 0 Å². The first-order valence-corrected chi connectivity index (χ1v) is 7.48. The molecule has 0 radical (unpaired) electrons. The molecule has 2 unspecified atom stereocenters. The van der Waals surface area contributed by atoms with Crippen molar-refractivity contribution in [3.05, 3.63) is 0 Å². The van der Waals surface area contributed by atoms with Gasteiger partial charge in [-0.25, -0.2) is 0 Å². The molecule has 0 aromatic rings. The lowest BCUT2D eigenvalue weighted by Gasteiger charge is -2.42. The third-order valence-corrected chi connectivity index (χ3v) is 4.73. The highest BCUT2D eigenvalue weighted by Gasteiger charge is 2.30. The maximum atomic E-state index is 3.52. The molecular formula is C15H32N2. The first-order chi connectivity index (χ1) is 8.00. The van der Waals surface area contributed by atoms with Crippen LogP contribution >= 0.6 is 0 Å². The molecule has 0 spiro atoms. The smallest absolute Gasteiger partial charge is 0.00816 e. The Balaban J connectivity index is 2.33. The molecule has 2 nitrogen and oxygen atoms in total. The Hall–Kier alpha value is -0.0800. The van der Waals surface area contributed by atoms with Crippen LogP contribution in [0.15, 0.2) is 0 Å². The van der Waals surface area contributed by atoms with Crippen LogP contribution in [0.1, 0.15) is 60.3 Å². The number of hydrogen-bond acceptors (Lipinski definition) is 2. The number of likely N-dealkylation sites (tertiary alicyclic amines) is 1. The third kappa shape index (κ3) is 4.59. The zero-order valence-corrected chi connectivity index (χ0v) is 12.6. The first-order valence-electron chi connectivity index (χ1n) is 7.48. The molecule has 17 heavy (non-hydrogen) atoms. The summed E-state index contributed by atoms with van der Waals surface area (Å²) in [5.74, 6) is 0. The highest BCUT2D eigenvalue weighted by atomic mass is 15.2. The van der Waals surface area contributed by atoms with Gasteiger partial charge in [0.2, 0.25) is 0 Å². The topological polar surface area (TPSA) is 15.3 Å². The van der Waals surface area contributed by atoms with Crippen molar-refractivity contribution in [2.24, 2.45) is 5.41 Å². The highest BCUT2D eigenvalue weighted by Crippen LogP contribution is 2.34. The SMILES string of the molecule is CCNC(C)CC(C)N1CCC(C)(CC)CC1. The standard InChI is InChI=1S/C15H32N2/c1-6-15(5)8-10-17(11-9-15)14(4)12-13(3)16-7-2/h13-14,16H,6-12H2,1-5H3. The number of hydrogen-bond donors (Lipinski definition) is 1. The van der Waals surface area contributed by atoms with Crippen molar-refractivity contribution >= 4 is 0 Å². The summed E-state index contributed by atoms with van der Waals surface area (Å²) in [5, 5.41) is 3.52. The Morgan fingerprint density at radius 3 is 2.24 bits per heavy atom. The van der Waals surface area contributed by atoms with E-state index in [1.807, 2.05) is 0 Å². The van der Waals surface area contributed by atoms with Gasteiger partial charge in [0.15, 0.2) is 0 Å². The van der Waals surface area contributed by atoms with Gasteiger partial charge in [-0.1, -0.05) is 27.2 Å². The highest BCUT2D eigenvalue weighted by molar-refractivity contribution is 4.84. The molecule has 1 fully saturated rings. The van der Waals surface area contributed by atoms with Crippen molar-refractivity contribution in [2.45, 2.75) is 72.4 Å². The quantitative estimate of drug-likeness (QED) is 0.766. The Labute approximate surface area is 108 Å². The molecule has 0 amide bonds. The average Bonchev–Trinajstić information content (AvgIpc) is 2.30. The van der Waals surface area contributed by atoms with Gasteiger partial charge in [-0.05, 0) is 58.2 Å². The van der Waals surface area contributed by atoms with Crippen molar-refractivity contribution in [1.29, 1.82) is 0 Å². The molecule has 0 aromatic carbocycles. The van der Waals surface area contributed by atoms with Crippen LogP contribution in [-0.2, 0) is 0 Å². The van der Waals surface area contributed by atoms with E-state index in [1.165, 1.54) is 38.8 Å². The van der Waals surface area contributed by atoms with Crippen LogP contribution in [0.2, 0.25) is 0 Å². The molecule has 1 N–H and O–H groups in total. The minimum atomic E-state index is 0.615. The number of nitrogens with zero attached hydrogens (tertiary/aromatic N) is 1. The van der Waals surface area contributed by atoms with Gasteiger partial charge < -0.3 is 10.2 Å². The largest absolute Gasteiger partial charge is 0.314 e. The molecule has 1 heterocycles. The second-order valence-corrected chi connectivity index (χ2v) is 6.24. The summed E-state index contributed by atoms with van der Waals surface area (Å²) in [6, 6.07) is 1.37. The van der Waals surface area contributed by atoms with Crippen LogP contribution < -0.4 is 5.32 Å². The Morgan fingerprint density at radius 1 is 1.18 bits per heavy atom. The molecule has 1 rings (SSSR count). The third-order valence-electron chi connectivity index (χ3n) is 4.73. The fraction of sp³-hybridized carbons (Fsp3) is 1.00. The maximum absolute atomic E-state index is 3.52. The van der Waals surface area contributed by atoms with Crippen LogP contribution in [0, 0.1) is 5.41 Å². The predicted octanol–water partition coefficient (Wildman–Crippen LogP) is 3.28. The normalized spacial score (nSPS) is 24.5. The fourth-order valence-electron chi connectivity index (χ4n) is 2.95. The van der Waals surface area contributed by atoms with E-state index in [0.29, 0.717) is 11.5 Å². The molecule has 1 saturated heterocycles. The van der Waals surface area contributed by atoms with Crippen molar-refractivity contribution in [3.63, 3.8) is 0 Å². The molecule has 2 atom stereocenters. The van der Waals surface area contributed by atoms with E-state index in [1.54, 1.807) is 0 Å². The summed E-state index contributed by atoms with van der Waals surface area (Å²) in [7, 11) is 0. The summed E-state index contributed by atoms with van der Waals surface area (Å²) in [5.41, 5.74) is 0.615. The van der Waals surface area contributed by atoms with Gasteiger partial charge in [0.1, 0.15) is 0 Å². The lowest BCUT2D eigenvalue weighted by molar-refractivity contribution is 0.0802. The monoisotopic (exact) mass is 240 g/mol. The van der Waals surface area contributed by atoms with Gasteiger partial charge in [0.05, 0.1) is 0 Å². The Bertz CT molecular complexity index is 207. The Morgan fingerprint density at radius 2 is 1.76 bits per heavy atom. The van der Waals surface area contributed by atoms with Gasteiger partial charge in [0, 0.05) is 12.1 Å². The fourth-order valence-corrected chi connectivity index (χ4v) is 2.95. The Kier molecular flexibility index (Phi) is 5.94. The van der Waals surface area contributed by atoms with E-state index in [9.17, 15) is 0 Å². The van der Waals surface area contributed by atoms with Crippen molar-refractivity contribution < 1.29 is 0 Å². The van der Waals surface area contributed by atoms with Crippen molar-refractivity contribution in [1.82, 2.24) is 10.2 Å². The minimum Gasteiger partial charge on any atom is -0.314 e. The van der Waals surface area contributed by atoms with E-state index in [-0.39, 0.29) is 0 Å². The molecule has 0 saturated carbocycles. The van der Waals surface area contributed by atoms with Crippen LogP contribution in [0.5, 0.6) is 0 Å². The summed E-state index contributed by atoms with van der Waals surface area (Å²) >= 11 is 0. The average molecular weight is 240 g/mol. The van der Waals surface area contributed by atoms with E-state index >= 15 is 0 Å². The minimum absolute atomic E-state index is 0.615. The number of nitrogens with one attached hydrogen (secondary N) is 1. The van der Waals surface area contributed by atoms with Crippen LogP contribution in [0.4, 0.5) is 0 Å². The molecule has 0 bridgehead atoms.